The Bertz CT molecular complexity index is 5180. The molecule has 2 atom stereocenters. The van der Waals surface area contributed by atoms with Crippen molar-refractivity contribution in [2.24, 2.45) is 5.92 Å². The fourth-order valence-corrected chi connectivity index (χ4v) is 12.5. The van der Waals surface area contributed by atoms with Gasteiger partial charge in [-0.3, -0.25) is 0 Å². The number of furan rings is 3. The van der Waals surface area contributed by atoms with Crippen molar-refractivity contribution in [3.63, 3.8) is 0 Å². The highest BCUT2D eigenvalue weighted by molar-refractivity contribution is 6.27. The van der Waals surface area contributed by atoms with Gasteiger partial charge in [0.15, 0.2) is 0 Å². The maximum atomic E-state index is 12.1. The highest BCUT2D eigenvalue weighted by Gasteiger charge is 2.44. The highest BCUT2D eigenvalue weighted by atomic mass is 16.3. The van der Waals surface area contributed by atoms with Crippen LogP contribution in [0.15, 0.2) is 206 Å². The normalized spacial score (nSPS) is 15.6. The van der Waals surface area contributed by atoms with Crippen molar-refractivity contribution in [2.75, 3.05) is 0 Å². The highest BCUT2D eigenvalue weighted by Crippen LogP contribution is 2.54. The molecule has 0 spiro atoms. The lowest BCUT2D eigenvalue weighted by atomic mass is 9.80. The van der Waals surface area contributed by atoms with Crippen LogP contribution in [0.5, 0.6) is 0 Å². The SMILES string of the molecule is N#CC1=C(n2c3ccccc3c3c4oc5ccccc5c4ccc32)C(C#N)C(n2c3ccccc3c3c4oc5ccccc5c4ccc32)C(C#N)=C1n1c2ccccc2c2c3oc4ccccc4c3ccc21. The number of aromatic nitrogens is 3. The summed E-state index contributed by atoms with van der Waals surface area (Å²) in [5.41, 5.74) is 10.4. The van der Waals surface area contributed by atoms with E-state index in [1.807, 2.05) is 109 Å². The van der Waals surface area contributed by atoms with Gasteiger partial charge in [0.25, 0.3) is 0 Å². The first-order chi connectivity index (χ1) is 35.6. The van der Waals surface area contributed by atoms with E-state index < -0.39 is 12.0 Å². The largest absolute Gasteiger partial charge is 0.455 e. The maximum Gasteiger partial charge on any atom is 0.145 e. The number of nitrogens with zero attached hydrogens (tertiary/aromatic N) is 6. The molecule has 16 rings (SSSR count). The minimum absolute atomic E-state index is 0.203. The Balaban J connectivity index is 1.10. The molecule has 1 aliphatic rings. The van der Waals surface area contributed by atoms with Crippen LogP contribution in [0.25, 0.3) is 143 Å². The van der Waals surface area contributed by atoms with Crippen LogP contribution in [0.2, 0.25) is 0 Å². The first-order valence-electron chi connectivity index (χ1n) is 23.8. The van der Waals surface area contributed by atoms with Crippen LogP contribution in [0.1, 0.15) is 6.04 Å². The number of rotatable bonds is 3. The van der Waals surface area contributed by atoms with E-state index in [-0.39, 0.29) is 11.1 Å². The molecule has 0 fully saturated rings. The molecule has 1 aliphatic carbocycles. The molecule has 0 saturated heterocycles. The zero-order valence-corrected chi connectivity index (χ0v) is 37.9. The Kier molecular flexibility index (Phi) is 7.48. The maximum absolute atomic E-state index is 12.1. The van der Waals surface area contributed by atoms with Gasteiger partial charge in [-0.15, -0.1) is 0 Å². The molecule has 0 radical (unpaired) electrons. The summed E-state index contributed by atoms with van der Waals surface area (Å²) >= 11 is 0. The van der Waals surface area contributed by atoms with Gasteiger partial charge in [0.1, 0.15) is 45.5 Å². The van der Waals surface area contributed by atoms with Crippen molar-refractivity contribution in [3.05, 3.63) is 193 Å². The summed E-state index contributed by atoms with van der Waals surface area (Å²) in [6, 6.07) is 68.0. The van der Waals surface area contributed by atoms with Crippen LogP contribution in [0.3, 0.4) is 0 Å². The second kappa shape index (κ2) is 13.9. The second-order valence-electron chi connectivity index (χ2n) is 18.7. The van der Waals surface area contributed by atoms with E-state index in [2.05, 4.69) is 105 Å². The molecule has 0 aliphatic heterocycles. The summed E-state index contributed by atoms with van der Waals surface area (Å²) in [5.74, 6) is -1.09. The Morgan fingerprint density at radius 3 is 1.25 bits per heavy atom. The molecule has 15 aromatic rings. The average molecular weight is 921 g/mol. The summed E-state index contributed by atoms with van der Waals surface area (Å²) in [4.78, 5) is 0. The van der Waals surface area contributed by atoms with Gasteiger partial charge in [0, 0.05) is 54.0 Å². The number of hydrogen-bond donors (Lipinski definition) is 0. The molecule has 9 heteroatoms. The molecule has 9 aromatic carbocycles. The van der Waals surface area contributed by atoms with Gasteiger partial charge in [-0.2, -0.15) is 15.8 Å². The van der Waals surface area contributed by atoms with Crippen molar-refractivity contribution in [1.29, 1.82) is 15.8 Å². The van der Waals surface area contributed by atoms with E-state index in [0.29, 0.717) is 22.6 Å². The van der Waals surface area contributed by atoms with E-state index in [1.165, 1.54) is 0 Å². The quantitative estimate of drug-likeness (QED) is 0.174. The van der Waals surface area contributed by atoms with E-state index in [4.69, 9.17) is 13.3 Å². The molecule has 6 heterocycles. The molecular formula is C63H32N6O3. The summed E-state index contributed by atoms with van der Waals surface area (Å²) in [5, 5.41) is 47.5. The second-order valence-corrected chi connectivity index (χ2v) is 18.7. The van der Waals surface area contributed by atoms with Crippen molar-refractivity contribution in [2.45, 2.75) is 6.04 Å². The third-order valence-electron chi connectivity index (χ3n) is 15.3. The van der Waals surface area contributed by atoms with E-state index in [9.17, 15) is 15.8 Å². The fraction of sp³-hybridized carbons (Fsp3) is 0.0317. The van der Waals surface area contributed by atoms with E-state index in [0.717, 1.165) is 120 Å². The van der Waals surface area contributed by atoms with Crippen molar-refractivity contribution in [3.8, 4) is 18.2 Å². The predicted octanol–water partition coefficient (Wildman–Crippen LogP) is 16.3. The lowest BCUT2D eigenvalue weighted by Crippen LogP contribution is -2.30. The molecular weight excluding hydrogens is 889 g/mol. The molecule has 9 nitrogen and oxygen atoms in total. The van der Waals surface area contributed by atoms with Gasteiger partial charge >= 0.3 is 0 Å². The Morgan fingerprint density at radius 1 is 0.361 bits per heavy atom. The van der Waals surface area contributed by atoms with Gasteiger partial charge in [0.05, 0.1) is 84.5 Å². The van der Waals surface area contributed by atoms with Crippen LogP contribution in [0.4, 0.5) is 0 Å². The first kappa shape index (κ1) is 38.7. The molecule has 6 aromatic heterocycles. The molecule has 0 bridgehead atoms. The minimum Gasteiger partial charge on any atom is -0.455 e. The third kappa shape index (κ3) is 4.73. The van der Waals surface area contributed by atoms with Crippen LogP contribution >= 0.6 is 0 Å². The zero-order chi connectivity index (χ0) is 47.5. The van der Waals surface area contributed by atoms with Gasteiger partial charge in [-0.1, -0.05) is 109 Å². The van der Waals surface area contributed by atoms with Crippen molar-refractivity contribution >= 4 is 143 Å². The summed E-state index contributed by atoms with van der Waals surface area (Å²) < 4.78 is 26.5. The van der Waals surface area contributed by atoms with Crippen LogP contribution < -0.4 is 0 Å². The number of para-hydroxylation sites is 6. The molecule has 2 unspecified atom stereocenters. The summed E-state index contributed by atoms with van der Waals surface area (Å²) in [6.07, 6.45) is 0. The lowest BCUT2D eigenvalue weighted by Gasteiger charge is -2.35. The number of nitriles is 3. The molecule has 0 amide bonds. The third-order valence-corrected chi connectivity index (χ3v) is 15.3. The van der Waals surface area contributed by atoms with Gasteiger partial charge < -0.3 is 27.0 Å². The first-order valence-corrected chi connectivity index (χ1v) is 23.8. The van der Waals surface area contributed by atoms with Crippen LogP contribution in [-0.2, 0) is 0 Å². The molecule has 0 N–H and O–H groups in total. The van der Waals surface area contributed by atoms with E-state index >= 15 is 0 Å². The minimum atomic E-state index is -1.09. The Labute approximate surface area is 406 Å². The van der Waals surface area contributed by atoms with Crippen molar-refractivity contribution in [1.82, 2.24) is 13.7 Å². The molecule has 332 valence electrons. The van der Waals surface area contributed by atoms with Crippen LogP contribution in [-0.4, -0.2) is 13.7 Å². The number of allylic oxidation sites excluding steroid dienone is 4. The summed E-state index contributed by atoms with van der Waals surface area (Å²) in [7, 11) is 0. The number of benzene rings is 9. The van der Waals surface area contributed by atoms with Crippen molar-refractivity contribution < 1.29 is 13.3 Å². The average Bonchev–Trinajstić information content (AvgIpc) is 4.28. The predicted molar refractivity (Wildman–Crippen MR) is 286 cm³/mol. The van der Waals surface area contributed by atoms with Gasteiger partial charge in [0.2, 0.25) is 0 Å². The summed E-state index contributed by atoms with van der Waals surface area (Å²) in [6.45, 7) is 0. The Hall–Kier alpha value is -10.3. The zero-order valence-electron chi connectivity index (χ0n) is 37.9. The van der Waals surface area contributed by atoms with E-state index in [1.54, 1.807) is 0 Å². The molecule has 72 heavy (non-hydrogen) atoms. The van der Waals surface area contributed by atoms with Gasteiger partial charge in [-0.25, -0.2) is 0 Å². The number of fused-ring (bicyclic) bond motifs is 21. The Morgan fingerprint density at radius 2 is 0.764 bits per heavy atom. The fourth-order valence-electron chi connectivity index (χ4n) is 12.5. The van der Waals surface area contributed by atoms with Crippen LogP contribution in [0, 0.1) is 39.9 Å². The number of hydrogen-bond acceptors (Lipinski definition) is 6. The molecule has 0 saturated carbocycles. The van der Waals surface area contributed by atoms with Gasteiger partial charge in [-0.05, 0) is 72.8 Å². The lowest BCUT2D eigenvalue weighted by molar-refractivity contribution is 0.540. The standard InChI is InChI=1S/C63H32N6O3/c64-31-43-58(67-46-19-7-1-16-40(46)55-49(67)28-25-37-34-13-4-10-22-52(34)70-61(37)55)44(32-65)60(69-48-21-9-3-18-42(48)57-51(69)30-27-39-36-15-6-12-24-54(36)72-63(39)57)45(33-66)59(43)68-47-20-8-2-17-41(47)56-50(68)29-26-38-35-14-5-11-23-53(35)71-62(38)56/h1-30,43,58H. The monoisotopic (exact) mass is 920 g/mol. The smallest absolute Gasteiger partial charge is 0.145 e. The topological polar surface area (TPSA) is 126 Å².